The summed E-state index contributed by atoms with van der Waals surface area (Å²) in [6, 6.07) is 17.0. The van der Waals surface area contributed by atoms with Crippen molar-refractivity contribution in [1.82, 2.24) is 0 Å². The standard InChI is InChI=1S/C20H18Cl2O/c1-19(22)12-6-10-17(14-19)20(23,15-7-3-2-4-8-15)16-9-5-11-18(21)13-16/h2-13,23H,14H2,1H3. The number of rotatable bonds is 3. The summed E-state index contributed by atoms with van der Waals surface area (Å²) in [5, 5.41) is 12.3. The maximum Gasteiger partial charge on any atom is 0.137 e. The van der Waals surface area contributed by atoms with Crippen molar-refractivity contribution < 1.29 is 5.11 Å². The maximum atomic E-state index is 11.7. The molecule has 2 aromatic carbocycles. The van der Waals surface area contributed by atoms with Crippen LogP contribution in [0.25, 0.3) is 0 Å². The Bertz CT molecular complexity index is 762. The van der Waals surface area contributed by atoms with Crippen LogP contribution in [0.5, 0.6) is 0 Å². The SMILES string of the molecule is CC1(Cl)C=CC=C(C(O)(c2ccccc2)c2cccc(Cl)c2)C1. The molecule has 1 aliphatic carbocycles. The first-order chi connectivity index (χ1) is 10.9. The molecule has 3 heteroatoms. The predicted molar refractivity (Wildman–Crippen MR) is 97.0 cm³/mol. The Morgan fingerprint density at radius 3 is 2.39 bits per heavy atom. The van der Waals surface area contributed by atoms with E-state index < -0.39 is 10.5 Å². The maximum absolute atomic E-state index is 11.7. The topological polar surface area (TPSA) is 20.2 Å². The fourth-order valence-electron chi connectivity index (χ4n) is 3.03. The van der Waals surface area contributed by atoms with E-state index in [9.17, 15) is 5.11 Å². The molecule has 2 aromatic rings. The number of aliphatic hydroxyl groups is 1. The van der Waals surface area contributed by atoms with Crippen LogP contribution in [0.15, 0.2) is 78.4 Å². The lowest BCUT2D eigenvalue weighted by Crippen LogP contribution is -2.34. The fourth-order valence-corrected chi connectivity index (χ4v) is 3.44. The van der Waals surface area contributed by atoms with Crippen LogP contribution < -0.4 is 0 Å². The molecule has 0 aromatic heterocycles. The van der Waals surface area contributed by atoms with E-state index in [1.54, 1.807) is 12.1 Å². The Morgan fingerprint density at radius 2 is 1.74 bits per heavy atom. The minimum absolute atomic E-state index is 0.509. The molecule has 3 rings (SSSR count). The van der Waals surface area contributed by atoms with Gasteiger partial charge in [-0.1, -0.05) is 72.3 Å². The lowest BCUT2D eigenvalue weighted by atomic mass is 9.75. The van der Waals surface area contributed by atoms with Crippen LogP contribution in [0.2, 0.25) is 5.02 Å². The molecular formula is C20H18Cl2O. The van der Waals surface area contributed by atoms with Gasteiger partial charge in [0.15, 0.2) is 0 Å². The number of hydrogen-bond acceptors (Lipinski definition) is 1. The molecule has 1 N–H and O–H groups in total. The first-order valence-corrected chi connectivity index (χ1v) is 8.29. The molecule has 23 heavy (non-hydrogen) atoms. The van der Waals surface area contributed by atoms with Gasteiger partial charge in [-0.25, -0.2) is 0 Å². The molecule has 2 atom stereocenters. The van der Waals surface area contributed by atoms with E-state index in [2.05, 4.69) is 0 Å². The van der Waals surface area contributed by atoms with Crippen molar-refractivity contribution in [2.45, 2.75) is 23.8 Å². The highest BCUT2D eigenvalue weighted by atomic mass is 35.5. The molecule has 0 saturated carbocycles. The van der Waals surface area contributed by atoms with Crippen molar-refractivity contribution in [3.8, 4) is 0 Å². The Balaban J connectivity index is 2.19. The number of hydrogen-bond donors (Lipinski definition) is 1. The Morgan fingerprint density at radius 1 is 1.04 bits per heavy atom. The van der Waals surface area contributed by atoms with Gasteiger partial charge in [-0.2, -0.15) is 0 Å². The highest BCUT2D eigenvalue weighted by molar-refractivity contribution is 6.30. The van der Waals surface area contributed by atoms with Gasteiger partial charge in [0.05, 0.1) is 4.87 Å². The first-order valence-electron chi connectivity index (χ1n) is 7.53. The average Bonchev–Trinajstić information content (AvgIpc) is 2.54. The highest BCUT2D eigenvalue weighted by Gasteiger charge is 2.39. The van der Waals surface area contributed by atoms with Gasteiger partial charge in [0.2, 0.25) is 0 Å². The zero-order chi connectivity index (χ0) is 16.5. The van der Waals surface area contributed by atoms with E-state index in [0.717, 1.165) is 16.7 Å². The van der Waals surface area contributed by atoms with Crippen LogP contribution in [0.4, 0.5) is 0 Å². The van der Waals surface area contributed by atoms with Crippen LogP contribution in [0, 0.1) is 0 Å². The van der Waals surface area contributed by atoms with Crippen LogP contribution >= 0.6 is 23.2 Å². The quantitative estimate of drug-likeness (QED) is 0.733. The van der Waals surface area contributed by atoms with Gasteiger partial charge < -0.3 is 5.11 Å². The zero-order valence-electron chi connectivity index (χ0n) is 12.8. The largest absolute Gasteiger partial charge is 0.376 e. The minimum Gasteiger partial charge on any atom is -0.376 e. The van der Waals surface area contributed by atoms with Crippen LogP contribution in [0.3, 0.4) is 0 Å². The summed E-state index contributed by atoms with van der Waals surface area (Å²) in [5.41, 5.74) is 1.14. The molecule has 0 radical (unpaired) electrons. The van der Waals surface area contributed by atoms with Gasteiger partial charge in [-0.05, 0) is 42.2 Å². The van der Waals surface area contributed by atoms with Crippen LogP contribution in [-0.2, 0) is 5.60 Å². The van der Waals surface area contributed by atoms with E-state index >= 15 is 0 Å². The molecule has 0 spiro atoms. The van der Waals surface area contributed by atoms with Gasteiger partial charge in [-0.15, -0.1) is 11.6 Å². The minimum atomic E-state index is -1.26. The monoisotopic (exact) mass is 344 g/mol. The van der Waals surface area contributed by atoms with E-state index in [-0.39, 0.29) is 0 Å². The third-order valence-corrected chi connectivity index (χ3v) is 4.67. The fraction of sp³-hybridized carbons (Fsp3) is 0.200. The third-order valence-electron chi connectivity index (χ3n) is 4.18. The lowest BCUT2D eigenvalue weighted by molar-refractivity contribution is 0.115. The number of benzene rings is 2. The van der Waals surface area contributed by atoms with Crippen molar-refractivity contribution in [3.63, 3.8) is 0 Å². The molecular weight excluding hydrogens is 327 g/mol. The Labute approximate surface area is 146 Å². The third kappa shape index (κ3) is 3.23. The second-order valence-electron chi connectivity index (χ2n) is 6.09. The average molecular weight is 345 g/mol. The van der Waals surface area contributed by atoms with Crippen molar-refractivity contribution in [2.24, 2.45) is 0 Å². The van der Waals surface area contributed by atoms with E-state index in [0.29, 0.717) is 11.4 Å². The van der Waals surface area contributed by atoms with Gasteiger partial charge in [0.1, 0.15) is 5.60 Å². The molecule has 0 bridgehead atoms. The summed E-state index contributed by atoms with van der Waals surface area (Å²) in [6.45, 7) is 1.95. The van der Waals surface area contributed by atoms with E-state index in [4.69, 9.17) is 23.2 Å². The molecule has 0 saturated heterocycles. The van der Waals surface area contributed by atoms with Crippen molar-refractivity contribution in [3.05, 3.63) is 94.5 Å². The lowest BCUT2D eigenvalue weighted by Gasteiger charge is -2.36. The molecule has 1 aliphatic rings. The zero-order valence-corrected chi connectivity index (χ0v) is 14.4. The summed E-state index contributed by atoms with van der Waals surface area (Å²) >= 11 is 12.7. The van der Waals surface area contributed by atoms with Gasteiger partial charge in [0.25, 0.3) is 0 Å². The Hall–Kier alpha value is -1.54. The first kappa shape index (κ1) is 16.3. The summed E-state index contributed by atoms with van der Waals surface area (Å²) in [7, 11) is 0. The molecule has 118 valence electrons. The summed E-state index contributed by atoms with van der Waals surface area (Å²) in [5.74, 6) is 0. The summed E-state index contributed by atoms with van der Waals surface area (Å²) in [6.07, 6.45) is 6.35. The van der Waals surface area contributed by atoms with Crippen molar-refractivity contribution in [1.29, 1.82) is 0 Å². The second kappa shape index (κ2) is 6.16. The summed E-state index contributed by atoms with van der Waals surface area (Å²) < 4.78 is 0. The van der Waals surface area contributed by atoms with Crippen molar-refractivity contribution >= 4 is 23.2 Å². The van der Waals surface area contributed by atoms with Crippen LogP contribution in [-0.4, -0.2) is 9.98 Å². The summed E-state index contributed by atoms with van der Waals surface area (Å²) in [4.78, 5) is -0.509. The molecule has 0 aliphatic heterocycles. The predicted octanol–water partition coefficient (Wildman–Crippen LogP) is 5.46. The normalized spacial score (nSPS) is 23.2. The van der Waals surface area contributed by atoms with Gasteiger partial charge in [0, 0.05) is 5.02 Å². The van der Waals surface area contributed by atoms with Crippen LogP contribution in [0.1, 0.15) is 24.5 Å². The smallest absolute Gasteiger partial charge is 0.137 e. The Kier molecular flexibility index (Phi) is 4.37. The van der Waals surface area contributed by atoms with E-state index in [1.807, 2.05) is 67.6 Å². The molecule has 0 heterocycles. The number of allylic oxidation sites excluding steroid dienone is 3. The molecule has 0 amide bonds. The molecule has 0 fully saturated rings. The highest BCUT2D eigenvalue weighted by Crippen LogP contribution is 2.43. The molecule has 2 unspecified atom stereocenters. The van der Waals surface area contributed by atoms with Crippen molar-refractivity contribution in [2.75, 3.05) is 0 Å². The number of alkyl halides is 1. The van der Waals surface area contributed by atoms with E-state index in [1.165, 1.54) is 0 Å². The molecule has 1 nitrogen and oxygen atoms in total. The second-order valence-corrected chi connectivity index (χ2v) is 7.39. The van der Waals surface area contributed by atoms with Gasteiger partial charge in [-0.3, -0.25) is 0 Å². The number of halogens is 2. The van der Waals surface area contributed by atoms with Gasteiger partial charge >= 0.3 is 0 Å².